The molecule has 0 spiro atoms. The van der Waals surface area contributed by atoms with Gasteiger partial charge in [-0.3, -0.25) is 0 Å². The summed E-state index contributed by atoms with van der Waals surface area (Å²) in [7, 11) is 0. The fraction of sp³-hybridized carbons (Fsp3) is 0.435. The number of nitrogens with zero attached hydrogens (tertiary/aromatic N) is 2. The lowest BCUT2D eigenvalue weighted by Crippen LogP contribution is -2.29. The number of carbonyl (C=O) groups is 1. The zero-order valence-corrected chi connectivity index (χ0v) is 17.5. The highest BCUT2D eigenvalue weighted by atomic mass is 32.2. The predicted molar refractivity (Wildman–Crippen MR) is 110 cm³/mol. The number of hydrogen-bond donors (Lipinski definition) is 0. The molecule has 2 aromatic rings. The van der Waals surface area contributed by atoms with E-state index in [1.807, 2.05) is 11.8 Å². The van der Waals surface area contributed by atoms with Gasteiger partial charge in [0, 0.05) is 35.2 Å². The summed E-state index contributed by atoms with van der Waals surface area (Å²) in [6.07, 6.45) is 7.29. The lowest BCUT2D eigenvalue weighted by molar-refractivity contribution is -0.304. The number of hydrogen-bond acceptors (Lipinski definition) is 5. The SMILES string of the molecule is CCc1cc2c(cc1C#Cc1cnc(CC(=O)[O-])nc1)C(CC)(CC)CCS2. The molecular weight excluding hydrogens is 368 g/mol. The third kappa shape index (κ3) is 4.23. The zero-order chi connectivity index (χ0) is 20.1. The van der Waals surface area contributed by atoms with Crippen molar-refractivity contribution in [2.75, 3.05) is 5.75 Å². The first kappa shape index (κ1) is 20.4. The number of thioether (sulfide) groups is 1. The number of aromatic nitrogens is 2. The molecule has 0 unspecified atom stereocenters. The maximum absolute atomic E-state index is 10.6. The van der Waals surface area contributed by atoms with Crippen LogP contribution in [0.25, 0.3) is 0 Å². The average molecular weight is 394 g/mol. The molecule has 4 nitrogen and oxygen atoms in total. The number of carboxylic acid groups (broad SMARTS) is 1. The van der Waals surface area contributed by atoms with Crippen molar-refractivity contribution in [1.29, 1.82) is 0 Å². The average Bonchev–Trinajstić information content (AvgIpc) is 2.71. The van der Waals surface area contributed by atoms with Crippen molar-refractivity contribution in [1.82, 2.24) is 9.97 Å². The Morgan fingerprint density at radius 1 is 1.18 bits per heavy atom. The Bertz CT molecular complexity index is 922. The fourth-order valence-corrected chi connectivity index (χ4v) is 5.19. The van der Waals surface area contributed by atoms with Gasteiger partial charge in [0.15, 0.2) is 0 Å². The van der Waals surface area contributed by atoms with Gasteiger partial charge in [-0.25, -0.2) is 9.97 Å². The summed E-state index contributed by atoms with van der Waals surface area (Å²) in [4.78, 5) is 20.2. The third-order valence-electron chi connectivity index (χ3n) is 5.70. The molecule has 1 aliphatic rings. The second kappa shape index (κ2) is 8.79. The highest BCUT2D eigenvalue weighted by Crippen LogP contribution is 2.46. The van der Waals surface area contributed by atoms with Gasteiger partial charge in [0.25, 0.3) is 0 Å². The number of aryl methyl sites for hydroxylation is 1. The molecule has 0 fully saturated rings. The minimum absolute atomic E-state index is 0.237. The van der Waals surface area contributed by atoms with Gasteiger partial charge in [0.1, 0.15) is 5.82 Å². The standard InChI is InChI=1S/C23H26N2O2S/c1-4-17-12-20-19(23(5-2,6-3)9-10-28-20)11-18(17)8-7-16-14-24-21(25-15-16)13-22(26)27/h11-12,14-15H,4-6,9-10,13H2,1-3H3,(H,26,27)/p-1. The molecule has 2 heterocycles. The molecule has 146 valence electrons. The molecule has 0 amide bonds. The summed E-state index contributed by atoms with van der Waals surface area (Å²) in [6.45, 7) is 6.73. The van der Waals surface area contributed by atoms with Gasteiger partial charge < -0.3 is 9.90 Å². The summed E-state index contributed by atoms with van der Waals surface area (Å²) < 4.78 is 0. The van der Waals surface area contributed by atoms with E-state index in [1.165, 1.54) is 28.2 Å². The van der Waals surface area contributed by atoms with Crippen LogP contribution in [0.3, 0.4) is 0 Å². The zero-order valence-electron chi connectivity index (χ0n) is 16.7. The number of benzene rings is 1. The van der Waals surface area contributed by atoms with Gasteiger partial charge in [-0.05, 0) is 60.1 Å². The van der Waals surface area contributed by atoms with Gasteiger partial charge in [0.2, 0.25) is 0 Å². The van der Waals surface area contributed by atoms with Crippen LogP contribution in [-0.4, -0.2) is 21.7 Å². The van der Waals surface area contributed by atoms with E-state index in [2.05, 4.69) is 54.7 Å². The van der Waals surface area contributed by atoms with E-state index < -0.39 is 5.97 Å². The van der Waals surface area contributed by atoms with Crippen LogP contribution in [0.15, 0.2) is 29.4 Å². The molecular formula is C23H25N2O2S-. The van der Waals surface area contributed by atoms with Crippen LogP contribution >= 0.6 is 11.8 Å². The van der Waals surface area contributed by atoms with Crippen LogP contribution in [0.5, 0.6) is 0 Å². The van der Waals surface area contributed by atoms with E-state index in [0.717, 1.165) is 24.8 Å². The van der Waals surface area contributed by atoms with E-state index in [4.69, 9.17) is 0 Å². The molecule has 5 heteroatoms. The van der Waals surface area contributed by atoms with Crippen LogP contribution in [0.1, 0.15) is 68.1 Å². The van der Waals surface area contributed by atoms with Crippen molar-refractivity contribution < 1.29 is 9.90 Å². The Kier molecular flexibility index (Phi) is 6.41. The Hall–Kier alpha value is -2.32. The Morgan fingerprint density at radius 3 is 2.50 bits per heavy atom. The topological polar surface area (TPSA) is 65.9 Å². The Morgan fingerprint density at radius 2 is 1.89 bits per heavy atom. The quantitative estimate of drug-likeness (QED) is 0.730. The molecule has 1 aliphatic heterocycles. The third-order valence-corrected chi connectivity index (χ3v) is 6.76. The van der Waals surface area contributed by atoms with Crippen LogP contribution in [-0.2, 0) is 23.1 Å². The molecule has 1 aromatic carbocycles. The molecule has 0 saturated heterocycles. The maximum Gasteiger partial charge on any atom is 0.133 e. The number of aliphatic carboxylic acids is 1. The van der Waals surface area contributed by atoms with E-state index in [1.54, 1.807) is 12.4 Å². The number of rotatable bonds is 5. The van der Waals surface area contributed by atoms with Crippen LogP contribution in [0, 0.1) is 11.8 Å². The molecule has 0 saturated carbocycles. The molecule has 0 bridgehead atoms. The van der Waals surface area contributed by atoms with Crippen molar-refractivity contribution in [3.05, 3.63) is 52.6 Å². The second-order valence-electron chi connectivity index (χ2n) is 7.13. The summed E-state index contributed by atoms with van der Waals surface area (Å²) in [6, 6.07) is 4.62. The minimum atomic E-state index is -1.19. The number of carbonyl (C=O) groups excluding carboxylic acids is 1. The first-order valence-corrected chi connectivity index (χ1v) is 10.8. The summed E-state index contributed by atoms with van der Waals surface area (Å²) in [5, 5.41) is 10.6. The molecule has 3 rings (SSSR count). The highest BCUT2D eigenvalue weighted by Gasteiger charge is 2.34. The van der Waals surface area contributed by atoms with Gasteiger partial charge in [-0.2, -0.15) is 0 Å². The van der Waals surface area contributed by atoms with Gasteiger partial charge >= 0.3 is 0 Å². The van der Waals surface area contributed by atoms with E-state index in [9.17, 15) is 9.90 Å². The minimum Gasteiger partial charge on any atom is -0.550 e. The maximum atomic E-state index is 10.6. The van der Waals surface area contributed by atoms with Gasteiger partial charge in [0.05, 0.1) is 5.56 Å². The lowest BCUT2D eigenvalue weighted by Gasteiger charge is -2.38. The second-order valence-corrected chi connectivity index (χ2v) is 8.27. The predicted octanol–water partition coefficient (Wildman–Crippen LogP) is 3.28. The first-order valence-electron chi connectivity index (χ1n) is 9.84. The monoisotopic (exact) mass is 393 g/mol. The molecule has 0 radical (unpaired) electrons. The van der Waals surface area contributed by atoms with E-state index >= 15 is 0 Å². The van der Waals surface area contributed by atoms with Gasteiger partial charge in [-0.1, -0.05) is 32.6 Å². The molecule has 0 atom stereocenters. The van der Waals surface area contributed by atoms with Crippen LogP contribution in [0.2, 0.25) is 0 Å². The normalized spacial score (nSPS) is 14.7. The summed E-state index contributed by atoms with van der Waals surface area (Å²) in [5.74, 6) is 6.68. The smallest absolute Gasteiger partial charge is 0.133 e. The van der Waals surface area contributed by atoms with Crippen molar-refractivity contribution in [2.24, 2.45) is 0 Å². The van der Waals surface area contributed by atoms with Gasteiger partial charge in [-0.15, -0.1) is 11.8 Å². The Labute approximate surface area is 171 Å². The van der Waals surface area contributed by atoms with Crippen molar-refractivity contribution >= 4 is 17.7 Å². The van der Waals surface area contributed by atoms with Crippen LogP contribution < -0.4 is 5.11 Å². The van der Waals surface area contributed by atoms with Crippen molar-refractivity contribution in [2.45, 2.75) is 63.2 Å². The molecule has 1 aromatic heterocycles. The first-order chi connectivity index (χ1) is 13.5. The molecule has 0 N–H and O–H groups in total. The highest BCUT2D eigenvalue weighted by molar-refractivity contribution is 7.99. The fourth-order valence-electron chi connectivity index (χ4n) is 3.82. The van der Waals surface area contributed by atoms with E-state index in [0.29, 0.717) is 5.56 Å². The van der Waals surface area contributed by atoms with Crippen LogP contribution in [0.4, 0.5) is 0 Å². The summed E-state index contributed by atoms with van der Waals surface area (Å²) >= 11 is 1.96. The number of fused-ring (bicyclic) bond motifs is 1. The van der Waals surface area contributed by atoms with Crippen molar-refractivity contribution in [3.8, 4) is 11.8 Å². The summed E-state index contributed by atoms with van der Waals surface area (Å²) in [5.41, 5.74) is 4.69. The lowest BCUT2D eigenvalue weighted by atomic mass is 9.72. The molecule has 28 heavy (non-hydrogen) atoms. The largest absolute Gasteiger partial charge is 0.550 e. The van der Waals surface area contributed by atoms with Crippen molar-refractivity contribution in [3.63, 3.8) is 0 Å². The molecule has 0 aliphatic carbocycles. The number of carboxylic acids is 1. The Balaban J connectivity index is 1.97. The van der Waals surface area contributed by atoms with E-state index in [-0.39, 0.29) is 17.7 Å².